The van der Waals surface area contributed by atoms with Crippen molar-refractivity contribution < 1.29 is 19.1 Å². The number of benzene rings is 1. The molecule has 3 aliphatic carbocycles. The monoisotopic (exact) mass is 370 g/mol. The van der Waals surface area contributed by atoms with Gasteiger partial charge < -0.3 is 9.47 Å². The molecule has 1 aromatic carbocycles. The molecule has 4 rings (SSSR count). The number of aryl methyl sites for hydroxylation is 1. The van der Waals surface area contributed by atoms with Crippen LogP contribution in [0.15, 0.2) is 18.2 Å². The Morgan fingerprint density at radius 3 is 2.81 bits per heavy atom. The summed E-state index contributed by atoms with van der Waals surface area (Å²) in [5, 5.41) is 0. The molecule has 4 nitrogen and oxygen atoms in total. The maximum atomic E-state index is 13.2. The number of methoxy groups -OCH3 is 2. The second kappa shape index (κ2) is 6.96. The first-order chi connectivity index (χ1) is 13.0. The number of Topliss-reactive ketones (excluding diaryl/α,β-unsaturated/α-hetero) is 1. The number of ether oxygens (including phenoxy) is 2. The summed E-state index contributed by atoms with van der Waals surface area (Å²) < 4.78 is 10.2. The molecule has 27 heavy (non-hydrogen) atoms. The molecule has 5 atom stereocenters. The van der Waals surface area contributed by atoms with Gasteiger partial charge in [0.15, 0.2) is 0 Å². The Balaban J connectivity index is 1.56. The molecule has 0 amide bonds. The van der Waals surface area contributed by atoms with Gasteiger partial charge in [-0.1, -0.05) is 13.0 Å². The fourth-order valence-corrected chi connectivity index (χ4v) is 6.27. The van der Waals surface area contributed by atoms with Crippen molar-refractivity contribution in [2.24, 2.45) is 23.2 Å². The van der Waals surface area contributed by atoms with Crippen LogP contribution in [0, 0.1) is 23.2 Å². The van der Waals surface area contributed by atoms with E-state index in [0.29, 0.717) is 36.4 Å². The van der Waals surface area contributed by atoms with Gasteiger partial charge in [0.1, 0.15) is 11.5 Å². The number of esters is 1. The molecule has 2 fully saturated rings. The van der Waals surface area contributed by atoms with Crippen molar-refractivity contribution in [2.75, 3.05) is 14.2 Å². The number of carbonyl (C=O) groups excluding carboxylic acids is 2. The van der Waals surface area contributed by atoms with Crippen molar-refractivity contribution in [1.29, 1.82) is 0 Å². The minimum Gasteiger partial charge on any atom is -0.497 e. The molecule has 0 heterocycles. The minimum absolute atomic E-state index is 0.0233. The van der Waals surface area contributed by atoms with Crippen molar-refractivity contribution in [2.45, 2.75) is 57.8 Å². The van der Waals surface area contributed by atoms with E-state index in [1.54, 1.807) is 7.11 Å². The van der Waals surface area contributed by atoms with Gasteiger partial charge in [0.25, 0.3) is 0 Å². The van der Waals surface area contributed by atoms with E-state index in [2.05, 4.69) is 25.1 Å². The van der Waals surface area contributed by atoms with Crippen molar-refractivity contribution in [3.63, 3.8) is 0 Å². The third-order valence-electron chi connectivity index (χ3n) is 7.72. The van der Waals surface area contributed by atoms with E-state index in [-0.39, 0.29) is 17.3 Å². The first-order valence-electron chi connectivity index (χ1n) is 10.3. The summed E-state index contributed by atoms with van der Waals surface area (Å²) in [6, 6.07) is 6.52. The summed E-state index contributed by atoms with van der Waals surface area (Å²) in [5.41, 5.74) is 2.69. The van der Waals surface area contributed by atoms with Crippen LogP contribution < -0.4 is 4.74 Å². The summed E-state index contributed by atoms with van der Waals surface area (Å²) in [7, 11) is 3.14. The van der Waals surface area contributed by atoms with Gasteiger partial charge in [0.2, 0.25) is 0 Å². The van der Waals surface area contributed by atoms with E-state index >= 15 is 0 Å². The molecule has 0 saturated heterocycles. The zero-order valence-electron chi connectivity index (χ0n) is 16.6. The van der Waals surface area contributed by atoms with Crippen LogP contribution in [0.5, 0.6) is 5.75 Å². The normalized spacial score (nSPS) is 34.4. The van der Waals surface area contributed by atoms with Gasteiger partial charge in [0.05, 0.1) is 14.2 Å². The SMILES string of the molecule is COC(=O)CC[C@@H]1C[C@H]2[C@@H]3CCc4cc(OC)ccc4[C@H]3CC[C@]2(C)C1=O. The van der Waals surface area contributed by atoms with Gasteiger partial charge in [-0.15, -0.1) is 0 Å². The van der Waals surface area contributed by atoms with E-state index in [9.17, 15) is 9.59 Å². The van der Waals surface area contributed by atoms with Crippen molar-refractivity contribution in [1.82, 2.24) is 0 Å². The second-order valence-electron chi connectivity index (χ2n) is 8.85. The van der Waals surface area contributed by atoms with Crippen LogP contribution >= 0.6 is 0 Å². The third kappa shape index (κ3) is 2.97. The van der Waals surface area contributed by atoms with Crippen molar-refractivity contribution in [3.8, 4) is 5.75 Å². The first kappa shape index (κ1) is 18.5. The molecule has 0 aliphatic heterocycles. The van der Waals surface area contributed by atoms with Crippen LogP contribution in [-0.4, -0.2) is 26.0 Å². The molecule has 146 valence electrons. The summed E-state index contributed by atoms with van der Waals surface area (Å²) in [6.07, 6.45) is 6.22. The topological polar surface area (TPSA) is 52.6 Å². The van der Waals surface area contributed by atoms with E-state index in [1.807, 2.05) is 0 Å². The number of hydrogen-bond acceptors (Lipinski definition) is 4. The molecular weight excluding hydrogens is 340 g/mol. The van der Waals surface area contributed by atoms with Crippen molar-refractivity contribution >= 4 is 11.8 Å². The van der Waals surface area contributed by atoms with Crippen LogP contribution in [0.3, 0.4) is 0 Å². The molecule has 0 bridgehead atoms. The summed E-state index contributed by atoms with van der Waals surface area (Å²) in [5.74, 6) is 2.74. The molecule has 0 aromatic heterocycles. The quantitative estimate of drug-likeness (QED) is 0.742. The average molecular weight is 370 g/mol. The van der Waals surface area contributed by atoms with Crippen LogP contribution in [-0.2, 0) is 20.7 Å². The lowest BCUT2D eigenvalue weighted by Crippen LogP contribution is -2.42. The first-order valence-corrected chi connectivity index (χ1v) is 10.3. The van der Waals surface area contributed by atoms with Crippen LogP contribution in [0.2, 0.25) is 0 Å². The van der Waals surface area contributed by atoms with E-state index in [0.717, 1.165) is 37.9 Å². The highest BCUT2D eigenvalue weighted by molar-refractivity contribution is 5.90. The molecule has 0 radical (unpaired) electrons. The maximum absolute atomic E-state index is 13.2. The highest BCUT2D eigenvalue weighted by atomic mass is 16.5. The molecule has 1 aromatic rings. The molecule has 0 spiro atoms. The third-order valence-corrected chi connectivity index (χ3v) is 7.72. The average Bonchev–Trinajstić information content (AvgIpc) is 2.96. The summed E-state index contributed by atoms with van der Waals surface area (Å²) in [4.78, 5) is 24.7. The Kier molecular flexibility index (Phi) is 4.77. The smallest absolute Gasteiger partial charge is 0.305 e. The molecular formula is C23H30O4. The molecule has 4 heteroatoms. The number of fused-ring (bicyclic) bond motifs is 5. The van der Waals surface area contributed by atoms with E-state index < -0.39 is 0 Å². The van der Waals surface area contributed by atoms with Crippen LogP contribution in [0.4, 0.5) is 0 Å². The molecule has 3 aliphatic rings. The van der Waals surface area contributed by atoms with Gasteiger partial charge in [0, 0.05) is 17.8 Å². The minimum atomic E-state index is -0.207. The molecule has 2 saturated carbocycles. The number of ketones is 1. The highest BCUT2D eigenvalue weighted by Crippen LogP contribution is 2.61. The standard InChI is InChI=1S/C23H30O4/c1-23-11-10-18-17-8-6-16(26-2)12-14(17)4-7-19(18)20(23)13-15(22(23)25)5-9-21(24)27-3/h6,8,12,15,18-20H,4-5,7,9-11,13H2,1-3H3/t15-,18-,19-,20+,23+/m1/s1. The van der Waals surface area contributed by atoms with Gasteiger partial charge in [-0.05, 0) is 79.5 Å². The zero-order valence-corrected chi connectivity index (χ0v) is 16.6. The number of hydrogen-bond donors (Lipinski definition) is 0. The zero-order chi connectivity index (χ0) is 19.2. The predicted molar refractivity (Wildman–Crippen MR) is 103 cm³/mol. The largest absolute Gasteiger partial charge is 0.497 e. The lowest BCUT2D eigenvalue weighted by atomic mass is 9.55. The lowest BCUT2D eigenvalue weighted by Gasteiger charge is -2.48. The van der Waals surface area contributed by atoms with Gasteiger partial charge in [-0.25, -0.2) is 0 Å². The molecule has 0 unspecified atom stereocenters. The van der Waals surface area contributed by atoms with E-state index in [1.165, 1.54) is 18.2 Å². The Morgan fingerprint density at radius 2 is 2.07 bits per heavy atom. The summed E-state index contributed by atoms with van der Waals surface area (Å²) >= 11 is 0. The molecule has 0 N–H and O–H groups in total. The number of rotatable bonds is 4. The second-order valence-corrected chi connectivity index (χ2v) is 8.85. The Morgan fingerprint density at radius 1 is 1.26 bits per heavy atom. The Labute approximate surface area is 161 Å². The Hall–Kier alpha value is -1.84. The predicted octanol–water partition coefficient (Wildman–Crippen LogP) is 4.30. The Bertz CT molecular complexity index is 755. The lowest BCUT2D eigenvalue weighted by molar-refractivity contribution is -0.141. The van der Waals surface area contributed by atoms with Crippen LogP contribution in [0.25, 0.3) is 0 Å². The van der Waals surface area contributed by atoms with E-state index in [4.69, 9.17) is 9.47 Å². The van der Waals surface area contributed by atoms with Crippen molar-refractivity contribution in [3.05, 3.63) is 29.3 Å². The van der Waals surface area contributed by atoms with Gasteiger partial charge in [-0.2, -0.15) is 0 Å². The maximum Gasteiger partial charge on any atom is 0.305 e. The fraction of sp³-hybridized carbons (Fsp3) is 0.652. The number of carbonyl (C=O) groups is 2. The van der Waals surface area contributed by atoms with Gasteiger partial charge >= 0.3 is 5.97 Å². The fourth-order valence-electron chi connectivity index (χ4n) is 6.27. The highest BCUT2D eigenvalue weighted by Gasteiger charge is 2.57. The van der Waals surface area contributed by atoms with Crippen LogP contribution in [0.1, 0.15) is 62.5 Å². The summed E-state index contributed by atoms with van der Waals surface area (Å²) in [6.45, 7) is 2.19. The van der Waals surface area contributed by atoms with Gasteiger partial charge in [-0.3, -0.25) is 9.59 Å².